The van der Waals surface area contributed by atoms with E-state index in [1.165, 1.54) is 25.7 Å². The van der Waals surface area contributed by atoms with Gasteiger partial charge in [0.05, 0.1) is 5.25 Å². The van der Waals surface area contributed by atoms with Crippen LogP contribution in [0.3, 0.4) is 0 Å². The fourth-order valence-corrected chi connectivity index (χ4v) is 7.84. The highest BCUT2D eigenvalue weighted by Crippen LogP contribution is 2.50. The van der Waals surface area contributed by atoms with Crippen LogP contribution in [0.15, 0.2) is 0 Å². The van der Waals surface area contributed by atoms with Crippen LogP contribution in [0.5, 0.6) is 0 Å². The van der Waals surface area contributed by atoms with E-state index in [1.54, 1.807) is 0 Å². The zero-order valence-corrected chi connectivity index (χ0v) is 15.5. The molecule has 4 fully saturated rings. The summed E-state index contributed by atoms with van der Waals surface area (Å²) in [6.45, 7) is 0.768. The molecule has 24 heavy (non-hydrogen) atoms. The molecule has 1 saturated heterocycles. The average Bonchev–Trinajstić information content (AvgIpc) is 3.31. The van der Waals surface area contributed by atoms with Crippen molar-refractivity contribution in [3.05, 3.63) is 0 Å². The lowest BCUT2D eigenvalue weighted by Gasteiger charge is -2.30. The van der Waals surface area contributed by atoms with Gasteiger partial charge in [-0.1, -0.05) is 19.3 Å². The molecule has 0 aromatic carbocycles. The summed E-state index contributed by atoms with van der Waals surface area (Å²) in [7, 11) is -3.25. The van der Waals surface area contributed by atoms with Crippen molar-refractivity contribution < 1.29 is 13.2 Å². The van der Waals surface area contributed by atoms with Gasteiger partial charge in [0, 0.05) is 12.6 Å². The van der Waals surface area contributed by atoms with Crippen molar-refractivity contribution in [1.29, 1.82) is 0 Å². The SMILES string of the molecule is O=C(CS(=O)(=O)C1CCCC1)N1CCC[C@H]1C[C@@H]1C[C@H]2CC[C@H]1C2. The van der Waals surface area contributed by atoms with E-state index in [1.807, 2.05) is 4.90 Å². The fraction of sp³-hybridized carbons (Fsp3) is 0.947. The first kappa shape index (κ1) is 16.9. The molecule has 136 valence electrons. The van der Waals surface area contributed by atoms with Gasteiger partial charge in [-0.15, -0.1) is 0 Å². The van der Waals surface area contributed by atoms with Gasteiger partial charge in [-0.2, -0.15) is 0 Å². The molecule has 4 nitrogen and oxygen atoms in total. The molecule has 0 aromatic rings. The van der Waals surface area contributed by atoms with E-state index in [0.29, 0.717) is 6.04 Å². The van der Waals surface area contributed by atoms with E-state index in [9.17, 15) is 13.2 Å². The van der Waals surface area contributed by atoms with E-state index < -0.39 is 9.84 Å². The Morgan fingerprint density at radius 2 is 1.75 bits per heavy atom. The normalized spacial score (nSPS) is 36.8. The van der Waals surface area contributed by atoms with Gasteiger partial charge in [0.2, 0.25) is 5.91 Å². The van der Waals surface area contributed by atoms with Crippen molar-refractivity contribution in [3.63, 3.8) is 0 Å². The summed E-state index contributed by atoms with van der Waals surface area (Å²) in [5.41, 5.74) is 0. The van der Waals surface area contributed by atoms with E-state index in [-0.39, 0.29) is 16.9 Å². The van der Waals surface area contributed by atoms with Crippen molar-refractivity contribution >= 4 is 15.7 Å². The minimum Gasteiger partial charge on any atom is -0.339 e. The smallest absolute Gasteiger partial charge is 0.238 e. The molecule has 1 aliphatic heterocycles. The molecule has 0 spiro atoms. The number of nitrogens with zero attached hydrogens (tertiary/aromatic N) is 1. The summed E-state index contributed by atoms with van der Waals surface area (Å²) >= 11 is 0. The molecule has 3 aliphatic carbocycles. The first-order valence-corrected chi connectivity index (χ1v) is 11.8. The van der Waals surface area contributed by atoms with Crippen molar-refractivity contribution in [3.8, 4) is 0 Å². The lowest BCUT2D eigenvalue weighted by Crippen LogP contribution is -2.41. The third kappa shape index (κ3) is 3.25. The quantitative estimate of drug-likeness (QED) is 0.763. The lowest BCUT2D eigenvalue weighted by molar-refractivity contribution is -0.129. The predicted molar refractivity (Wildman–Crippen MR) is 94.3 cm³/mol. The Labute approximate surface area is 146 Å². The van der Waals surface area contributed by atoms with E-state index in [0.717, 1.165) is 69.2 Å². The molecule has 0 radical (unpaired) electrons. The van der Waals surface area contributed by atoms with Crippen molar-refractivity contribution in [2.24, 2.45) is 17.8 Å². The summed E-state index contributed by atoms with van der Waals surface area (Å²) in [5, 5.41) is -0.256. The average molecular weight is 354 g/mol. The number of amides is 1. The highest BCUT2D eigenvalue weighted by molar-refractivity contribution is 7.92. The molecule has 0 aromatic heterocycles. The number of likely N-dealkylation sites (tertiary alicyclic amines) is 1. The molecular formula is C19H31NO3S. The van der Waals surface area contributed by atoms with Gasteiger partial charge >= 0.3 is 0 Å². The molecular weight excluding hydrogens is 322 g/mol. The van der Waals surface area contributed by atoms with Crippen LogP contribution in [0.4, 0.5) is 0 Å². The summed E-state index contributed by atoms with van der Waals surface area (Å²) in [5.74, 6) is 2.24. The van der Waals surface area contributed by atoms with Gasteiger partial charge in [0.15, 0.2) is 9.84 Å². The van der Waals surface area contributed by atoms with Gasteiger partial charge in [0.1, 0.15) is 5.75 Å². The topological polar surface area (TPSA) is 54.5 Å². The van der Waals surface area contributed by atoms with Crippen LogP contribution >= 0.6 is 0 Å². The molecule has 2 bridgehead atoms. The van der Waals surface area contributed by atoms with Crippen molar-refractivity contribution in [2.45, 2.75) is 81.9 Å². The number of hydrogen-bond donors (Lipinski definition) is 0. The van der Waals surface area contributed by atoms with Gasteiger partial charge in [-0.3, -0.25) is 4.79 Å². The van der Waals surface area contributed by atoms with Gasteiger partial charge in [-0.05, 0) is 69.1 Å². The first-order chi connectivity index (χ1) is 11.5. The number of carbonyl (C=O) groups excluding carboxylic acids is 1. The minimum absolute atomic E-state index is 0.118. The standard InChI is InChI=1S/C19H31NO3S/c21-19(13-24(22,23)18-5-1-2-6-18)20-9-3-4-17(20)12-16-11-14-7-8-15(16)10-14/h14-18H,1-13H2/t14-,15-,16-,17-/m0/s1. The Kier molecular flexibility index (Phi) is 4.65. The molecule has 0 N–H and O–H groups in total. The molecule has 4 rings (SSSR count). The van der Waals surface area contributed by atoms with Gasteiger partial charge in [0.25, 0.3) is 0 Å². The molecule has 4 atom stereocenters. The number of carbonyl (C=O) groups is 1. The van der Waals surface area contributed by atoms with E-state index in [2.05, 4.69) is 0 Å². The third-order valence-electron chi connectivity index (χ3n) is 7.29. The number of fused-ring (bicyclic) bond motifs is 2. The van der Waals surface area contributed by atoms with Crippen LogP contribution in [-0.4, -0.2) is 42.8 Å². The summed E-state index contributed by atoms with van der Waals surface area (Å²) in [6.07, 6.45) is 12.3. The highest BCUT2D eigenvalue weighted by atomic mass is 32.2. The van der Waals surface area contributed by atoms with Crippen LogP contribution in [0.1, 0.15) is 70.6 Å². The zero-order chi connectivity index (χ0) is 16.7. The lowest BCUT2D eigenvalue weighted by atomic mass is 9.84. The molecule has 4 aliphatic rings. The second kappa shape index (κ2) is 6.62. The van der Waals surface area contributed by atoms with Crippen LogP contribution in [-0.2, 0) is 14.6 Å². The second-order valence-electron chi connectivity index (χ2n) is 8.77. The second-order valence-corrected chi connectivity index (χ2v) is 11.0. The number of rotatable bonds is 5. The van der Waals surface area contributed by atoms with E-state index >= 15 is 0 Å². The van der Waals surface area contributed by atoms with Crippen LogP contribution in [0, 0.1) is 17.8 Å². The van der Waals surface area contributed by atoms with Gasteiger partial charge in [-0.25, -0.2) is 8.42 Å². The highest BCUT2D eigenvalue weighted by Gasteiger charge is 2.42. The van der Waals surface area contributed by atoms with Crippen LogP contribution in [0.2, 0.25) is 0 Å². The predicted octanol–water partition coefficient (Wildman–Crippen LogP) is 3.16. The third-order valence-corrected chi connectivity index (χ3v) is 9.43. The maximum atomic E-state index is 12.7. The summed E-state index contributed by atoms with van der Waals surface area (Å²) < 4.78 is 25.0. The number of hydrogen-bond acceptors (Lipinski definition) is 3. The largest absolute Gasteiger partial charge is 0.339 e. The zero-order valence-electron chi connectivity index (χ0n) is 14.7. The molecule has 0 unspecified atom stereocenters. The Hall–Kier alpha value is -0.580. The van der Waals surface area contributed by atoms with Gasteiger partial charge < -0.3 is 4.90 Å². The van der Waals surface area contributed by atoms with Crippen LogP contribution < -0.4 is 0 Å². The first-order valence-electron chi connectivity index (χ1n) is 10.0. The Bertz CT molecular complexity index is 581. The molecule has 3 saturated carbocycles. The van der Waals surface area contributed by atoms with Crippen molar-refractivity contribution in [1.82, 2.24) is 4.90 Å². The number of sulfone groups is 1. The van der Waals surface area contributed by atoms with E-state index in [4.69, 9.17) is 0 Å². The Morgan fingerprint density at radius 1 is 0.958 bits per heavy atom. The Balaban J connectivity index is 1.36. The Morgan fingerprint density at radius 3 is 2.42 bits per heavy atom. The molecule has 1 heterocycles. The summed E-state index contributed by atoms with van der Waals surface area (Å²) in [4.78, 5) is 14.6. The van der Waals surface area contributed by atoms with Crippen LogP contribution in [0.25, 0.3) is 0 Å². The molecule has 5 heteroatoms. The van der Waals surface area contributed by atoms with Crippen molar-refractivity contribution in [2.75, 3.05) is 12.3 Å². The monoisotopic (exact) mass is 353 g/mol. The maximum Gasteiger partial charge on any atom is 0.238 e. The summed E-state index contributed by atoms with van der Waals surface area (Å²) in [6, 6.07) is 0.306. The molecule has 1 amide bonds. The fourth-order valence-electron chi connectivity index (χ4n) is 6.04. The minimum atomic E-state index is -3.25. The maximum absolute atomic E-state index is 12.7.